The van der Waals surface area contributed by atoms with Crippen LogP contribution in [0.4, 0.5) is 9.18 Å². The highest BCUT2D eigenvalue weighted by Crippen LogP contribution is 2.31. The number of benzene rings is 1. The molecule has 2 N–H and O–H groups in total. The van der Waals surface area contributed by atoms with E-state index in [0.717, 1.165) is 5.56 Å². The topological polar surface area (TPSA) is 87.5 Å². The average Bonchev–Trinajstić information content (AvgIpc) is 3.20. The maximum absolute atomic E-state index is 13.3. The van der Waals surface area contributed by atoms with E-state index in [2.05, 4.69) is 10.4 Å². The first kappa shape index (κ1) is 17.9. The third-order valence-electron chi connectivity index (χ3n) is 4.81. The van der Waals surface area contributed by atoms with Crippen LogP contribution < -0.4 is 5.32 Å². The van der Waals surface area contributed by atoms with E-state index in [1.165, 1.54) is 17.0 Å². The number of carboxylic acid groups (broad SMARTS) is 1. The van der Waals surface area contributed by atoms with Gasteiger partial charge in [0.1, 0.15) is 5.82 Å². The lowest BCUT2D eigenvalue weighted by atomic mass is 9.90. The summed E-state index contributed by atoms with van der Waals surface area (Å²) in [5.74, 6) is -1.27. The number of rotatable bonds is 4. The minimum atomic E-state index is -0.934. The van der Waals surface area contributed by atoms with Crippen molar-refractivity contribution in [2.45, 2.75) is 19.4 Å². The first-order chi connectivity index (χ1) is 12.3. The molecule has 26 heavy (non-hydrogen) atoms. The van der Waals surface area contributed by atoms with Crippen molar-refractivity contribution in [3.8, 4) is 0 Å². The molecule has 0 saturated carbocycles. The first-order valence-corrected chi connectivity index (χ1v) is 8.31. The zero-order chi connectivity index (χ0) is 18.9. The lowest BCUT2D eigenvalue weighted by Gasteiger charge is -2.24. The molecule has 1 aromatic heterocycles. The fourth-order valence-corrected chi connectivity index (χ4v) is 3.13. The van der Waals surface area contributed by atoms with Crippen LogP contribution in [0.1, 0.15) is 30.5 Å². The van der Waals surface area contributed by atoms with E-state index in [4.69, 9.17) is 0 Å². The second-order valence-electron chi connectivity index (χ2n) is 6.92. The first-order valence-electron chi connectivity index (χ1n) is 8.31. The zero-order valence-electron chi connectivity index (χ0n) is 14.6. The number of amides is 2. The summed E-state index contributed by atoms with van der Waals surface area (Å²) in [5.41, 5.74) is 0.539. The molecule has 2 unspecified atom stereocenters. The van der Waals surface area contributed by atoms with Crippen molar-refractivity contribution in [1.82, 2.24) is 20.0 Å². The predicted molar refractivity (Wildman–Crippen MR) is 91.9 cm³/mol. The van der Waals surface area contributed by atoms with Crippen LogP contribution in [0, 0.1) is 11.2 Å². The van der Waals surface area contributed by atoms with E-state index in [0.29, 0.717) is 18.5 Å². The Kier molecular flexibility index (Phi) is 4.67. The number of carbonyl (C=O) groups is 2. The maximum Gasteiger partial charge on any atom is 0.318 e. The molecule has 0 radical (unpaired) electrons. The van der Waals surface area contributed by atoms with Gasteiger partial charge in [-0.3, -0.25) is 9.48 Å². The van der Waals surface area contributed by atoms with Crippen LogP contribution in [-0.4, -0.2) is 44.9 Å². The Balaban J connectivity index is 1.81. The molecule has 1 aliphatic heterocycles. The van der Waals surface area contributed by atoms with Gasteiger partial charge in [0, 0.05) is 31.9 Å². The predicted octanol–water partition coefficient (Wildman–Crippen LogP) is 2.15. The fourth-order valence-electron chi connectivity index (χ4n) is 3.13. The monoisotopic (exact) mass is 360 g/mol. The van der Waals surface area contributed by atoms with Crippen molar-refractivity contribution in [2.24, 2.45) is 12.5 Å². The quantitative estimate of drug-likeness (QED) is 0.875. The third-order valence-corrected chi connectivity index (χ3v) is 4.81. The van der Waals surface area contributed by atoms with E-state index in [-0.39, 0.29) is 18.4 Å². The van der Waals surface area contributed by atoms with Gasteiger partial charge in [0.05, 0.1) is 17.7 Å². The van der Waals surface area contributed by atoms with Crippen molar-refractivity contribution in [3.63, 3.8) is 0 Å². The summed E-state index contributed by atoms with van der Waals surface area (Å²) in [5, 5.41) is 16.4. The molecule has 1 saturated heterocycles. The van der Waals surface area contributed by atoms with Gasteiger partial charge in [0.2, 0.25) is 0 Å². The van der Waals surface area contributed by atoms with Gasteiger partial charge < -0.3 is 15.3 Å². The molecular formula is C18H21FN4O3. The number of hydrogen-bond donors (Lipinski definition) is 2. The van der Waals surface area contributed by atoms with Crippen molar-refractivity contribution in [2.75, 3.05) is 13.1 Å². The highest BCUT2D eigenvalue weighted by Gasteiger charge is 2.42. The van der Waals surface area contributed by atoms with E-state index < -0.39 is 17.4 Å². The molecule has 2 atom stereocenters. The van der Waals surface area contributed by atoms with Crippen molar-refractivity contribution in [3.05, 3.63) is 53.6 Å². The molecular weight excluding hydrogens is 339 g/mol. The standard InChI is InChI=1S/C18H21FN4O3/c1-18(16(24)25)7-8-23(11-18)17(26)21-15(13-9-20-22(2)10-13)12-3-5-14(19)6-4-12/h3-6,9-10,15H,7-8,11H2,1-2H3,(H,21,26)(H,24,25). The molecule has 0 aliphatic carbocycles. The Morgan fingerprint density at radius 1 is 1.31 bits per heavy atom. The van der Waals surface area contributed by atoms with Crippen molar-refractivity contribution < 1.29 is 19.1 Å². The number of aliphatic carboxylic acids is 1. The summed E-state index contributed by atoms with van der Waals surface area (Å²) in [6.07, 6.45) is 3.82. The Morgan fingerprint density at radius 2 is 2.00 bits per heavy atom. The number of nitrogens with zero attached hydrogens (tertiary/aromatic N) is 3. The summed E-state index contributed by atoms with van der Waals surface area (Å²) < 4.78 is 14.9. The number of halogens is 1. The normalized spacial score (nSPS) is 20.8. The lowest BCUT2D eigenvalue weighted by molar-refractivity contribution is -0.147. The largest absolute Gasteiger partial charge is 0.481 e. The zero-order valence-corrected chi connectivity index (χ0v) is 14.6. The average molecular weight is 360 g/mol. The van der Waals surface area contributed by atoms with Gasteiger partial charge in [-0.05, 0) is 31.0 Å². The molecule has 1 aromatic carbocycles. The second-order valence-corrected chi connectivity index (χ2v) is 6.92. The number of nitrogens with one attached hydrogen (secondary N) is 1. The van der Waals surface area contributed by atoms with E-state index >= 15 is 0 Å². The summed E-state index contributed by atoms with van der Waals surface area (Å²) in [4.78, 5) is 25.6. The highest BCUT2D eigenvalue weighted by atomic mass is 19.1. The Morgan fingerprint density at radius 3 is 2.54 bits per heavy atom. The molecule has 138 valence electrons. The van der Waals surface area contributed by atoms with Crippen molar-refractivity contribution in [1.29, 1.82) is 0 Å². The third kappa shape index (κ3) is 3.54. The smallest absolute Gasteiger partial charge is 0.318 e. The summed E-state index contributed by atoms with van der Waals surface area (Å²) >= 11 is 0. The van der Waals surface area contributed by atoms with Crippen LogP contribution in [0.25, 0.3) is 0 Å². The van der Waals surface area contributed by atoms with Crippen LogP contribution in [0.3, 0.4) is 0 Å². The minimum Gasteiger partial charge on any atom is -0.481 e. The lowest BCUT2D eigenvalue weighted by Crippen LogP contribution is -2.42. The number of likely N-dealkylation sites (tertiary alicyclic amines) is 1. The molecule has 2 aromatic rings. The molecule has 1 aliphatic rings. The second kappa shape index (κ2) is 6.78. The molecule has 2 amide bonds. The van der Waals surface area contributed by atoms with Gasteiger partial charge in [-0.25, -0.2) is 9.18 Å². The molecule has 7 nitrogen and oxygen atoms in total. The number of hydrogen-bond acceptors (Lipinski definition) is 3. The Hall–Kier alpha value is -2.90. The molecule has 0 bridgehead atoms. The number of aryl methyl sites for hydroxylation is 1. The number of urea groups is 1. The van der Waals surface area contributed by atoms with Gasteiger partial charge in [-0.2, -0.15) is 5.10 Å². The van der Waals surface area contributed by atoms with Crippen molar-refractivity contribution >= 4 is 12.0 Å². The molecule has 2 heterocycles. The molecule has 3 rings (SSSR count). The summed E-state index contributed by atoms with van der Waals surface area (Å²) in [6.45, 7) is 2.16. The van der Waals surface area contributed by atoms with Gasteiger partial charge >= 0.3 is 12.0 Å². The SMILES string of the molecule is Cn1cc(C(NC(=O)N2CCC(C)(C(=O)O)C2)c2ccc(F)cc2)cn1. The van der Waals surface area contributed by atoms with Crippen LogP contribution in [0.2, 0.25) is 0 Å². The van der Waals surface area contributed by atoms with E-state index in [1.54, 1.807) is 43.2 Å². The van der Waals surface area contributed by atoms with Gasteiger partial charge in [0.15, 0.2) is 0 Å². The minimum absolute atomic E-state index is 0.150. The van der Waals surface area contributed by atoms with Crippen LogP contribution >= 0.6 is 0 Å². The number of carbonyl (C=O) groups excluding carboxylic acids is 1. The van der Waals surface area contributed by atoms with Crippen LogP contribution in [-0.2, 0) is 11.8 Å². The summed E-state index contributed by atoms with van der Waals surface area (Å²) in [6, 6.07) is 5.03. The van der Waals surface area contributed by atoms with Gasteiger partial charge in [-0.15, -0.1) is 0 Å². The number of aromatic nitrogens is 2. The molecule has 1 fully saturated rings. The van der Waals surface area contributed by atoms with Crippen LogP contribution in [0.5, 0.6) is 0 Å². The van der Waals surface area contributed by atoms with Gasteiger partial charge in [0.25, 0.3) is 0 Å². The molecule has 8 heteroatoms. The van der Waals surface area contributed by atoms with Crippen LogP contribution in [0.15, 0.2) is 36.7 Å². The fraction of sp³-hybridized carbons (Fsp3) is 0.389. The maximum atomic E-state index is 13.3. The van der Waals surface area contributed by atoms with Gasteiger partial charge in [-0.1, -0.05) is 12.1 Å². The Labute approximate surface area is 150 Å². The summed E-state index contributed by atoms with van der Waals surface area (Å²) in [7, 11) is 1.77. The Bertz CT molecular complexity index is 820. The number of carboxylic acids is 1. The van der Waals surface area contributed by atoms with E-state index in [1.807, 2.05) is 0 Å². The van der Waals surface area contributed by atoms with E-state index in [9.17, 15) is 19.1 Å². The highest BCUT2D eigenvalue weighted by molar-refractivity contribution is 5.80. The molecule has 0 spiro atoms.